The Morgan fingerprint density at radius 2 is 2.25 bits per heavy atom. The second-order valence-electron chi connectivity index (χ2n) is 3.84. The van der Waals surface area contributed by atoms with Gasteiger partial charge in [0.1, 0.15) is 9.84 Å². The van der Waals surface area contributed by atoms with Crippen LogP contribution >= 0.6 is 0 Å². The van der Waals surface area contributed by atoms with E-state index in [1.165, 1.54) is 6.26 Å². The van der Waals surface area contributed by atoms with Crippen molar-refractivity contribution in [2.45, 2.75) is 26.4 Å². The maximum Gasteiger partial charge on any atom is 0.147 e. The fraction of sp³-hybridized carbons (Fsp3) is 0.700. The molecule has 0 bridgehead atoms. The molecule has 0 fully saturated rings. The molecule has 6 heteroatoms. The Hall–Kier alpha value is -0.880. The van der Waals surface area contributed by atoms with Gasteiger partial charge in [0.25, 0.3) is 0 Å². The molecule has 92 valence electrons. The van der Waals surface area contributed by atoms with Gasteiger partial charge in [-0.05, 0) is 13.0 Å². The van der Waals surface area contributed by atoms with Crippen molar-refractivity contribution in [1.29, 1.82) is 0 Å². The van der Waals surface area contributed by atoms with Gasteiger partial charge in [0.05, 0.1) is 17.8 Å². The topological polar surface area (TPSA) is 64.0 Å². The molecule has 5 nitrogen and oxygen atoms in total. The van der Waals surface area contributed by atoms with Gasteiger partial charge in [-0.1, -0.05) is 6.92 Å². The lowest BCUT2D eigenvalue weighted by molar-refractivity contribution is 0.583. The van der Waals surface area contributed by atoms with Gasteiger partial charge in [-0.3, -0.25) is 0 Å². The van der Waals surface area contributed by atoms with Crippen LogP contribution in [0.15, 0.2) is 12.5 Å². The average molecular weight is 245 g/mol. The van der Waals surface area contributed by atoms with Crippen molar-refractivity contribution in [3.63, 3.8) is 0 Å². The Labute approximate surface area is 96.8 Å². The number of hydrogen-bond acceptors (Lipinski definition) is 4. The summed E-state index contributed by atoms with van der Waals surface area (Å²) >= 11 is 0. The van der Waals surface area contributed by atoms with Crippen molar-refractivity contribution in [1.82, 2.24) is 14.9 Å². The zero-order chi connectivity index (χ0) is 12.0. The number of aryl methyl sites for hydroxylation is 1. The predicted octanol–water partition coefficient (Wildman–Crippen LogP) is 0.427. The summed E-state index contributed by atoms with van der Waals surface area (Å²) in [5.74, 6) is 0.228. The third-order valence-electron chi connectivity index (χ3n) is 2.27. The Morgan fingerprint density at radius 3 is 2.88 bits per heavy atom. The van der Waals surface area contributed by atoms with Crippen molar-refractivity contribution >= 4 is 9.84 Å². The molecule has 1 aromatic heterocycles. The monoisotopic (exact) mass is 245 g/mol. The molecule has 1 aromatic rings. The highest BCUT2D eigenvalue weighted by Crippen LogP contribution is 2.01. The van der Waals surface area contributed by atoms with E-state index in [0.29, 0.717) is 13.0 Å². The molecule has 0 radical (unpaired) electrons. The SMILES string of the molecule is CCNCc1cncn1CCCS(C)(=O)=O. The van der Waals surface area contributed by atoms with Gasteiger partial charge in [-0.25, -0.2) is 13.4 Å². The van der Waals surface area contributed by atoms with Crippen LogP contribution in [-0.4, -0.2) is 36.5 Å². The second kappa shape index (κ2) is 6.00. The van der Waals surface area contributed by atoms with Gasteiger partial charge in [-0.2, -0.15) is 0 Å². The molecule has 1 N–H and O–H groups in total. The Bertz CT molecular complexity index is 411. The third-order valence-corrected chi connectivity index (χ3v) is 3.30. The molecule has 0 aliphatic carbocycles. The fourth-order valence-corrected chi connectivity index (χ4v) is 2.10. The van der Waals surface area contributed by atoms with Crippen LogP contribution in [0.4, 0.5) is 0 Å². The Morgan fingerprint density at radius 1 is 1.50 bits per heavy atom. The molecule has 0 aromatic carbocycles. The highest BCUT2D eigenvalue weighted by molar-refractivity contribution is 7.90. The fourth-order valence-electron chi connectivity index (χ4n) is 1.45. The summed E-state index contributed by atoms with van der Waals surface area (Å²) in [5.41, 5.74) is 1.09. The lowest BCUT2D eigenvalue weighted by Gasteiger charge is -2.07. The summed E-state index contributed by atoms with van der Waals surface area (Å²) in [4.78, 5) is 4.06. The second-order valence-corrected chi connectivity index (χ2v) is 6.10. The molecular weight excluding hydrogens is 226 g/mol. The molecule has 0 atom stereocenters. The first-order valence-corrected chi connectivity index (χ1v) is 7.46. The van der Waals surface area contributed by atoms with Crippen molar-refractivity contribution < 1.29 is 8.42 Å². The van der Waals surface area contributed by atoms with Gasteiger partial charge >= 0.3 is 0 Å². The number of imidazole rings is 1. The van der Waals surface area contributed by atoms with Crippen LogP contribution in [0.5, 0.6) is 0 Å². The Balaban J connectivity index is 2.44. The summed E-state index contributed by atoms with van der Waals surface area (Å²) < 4.78 is 24.0. The molecule has 0 saturated heterocycles. The standard InChI is InChI=1S/C10H19N3O2S/c1-3-11-7-10-8-12-9-13(10)5-4-6-16(2,14)15/h8-9,11H,3-7H2,1-2H3. The average Bonchev–Trinajstić information content (AvgIpc) is 2.60. The number of aromatic nitrogens is 2. The molecule has 1 rings (SSSR count). The number of sulfone groups is 1. The summed E-state index contributed by atoms with van der Waals surface area (Å²) in [7, 11) is -2.86. The zero-order valence-corrected chi connectivity index (χ0v) is 10.6. The van der Waals surface area contributed by atoms with E-state index in [1.807, 2.05) is 17.7 Å². The Kier molecular flexibility index (Phi) is 4.95. The molecule has 0 aliphatic heterocycles. The third kappa shape index (κ3) is 4.76. The summed E-state index contributed by atoms with van der Waals surface area (Å²) in [5, 5.41) is 3.22. The highest BCUT2D eigenvalue weighted by atomic mass is 32.2. The van der Waals surface area contributed by atoms with Crippen molar-refractivity contribution in [3.8, 4) is 0 Å². The van der Waals surface area contributed by atoms with Crippen LogP contribution in [0.3, 0.4) is 0 Å². The number of nitrogens with zero attached hydrogens (tertiary/aromatic N) is 2. The van der Waals surface area contributed by atoms with Crippen LogP contribution in [0.25, 0.3) is 0 Å². The van der Waals surface area contributed by atoms with Crippen LogP contribution < -0.4 is 5.32 Å². The molecule has 0 saturated carbocycles. The van der Waals surface area contributed by atoms with E-state index in [4.69, 9.17) is 0 Å². The van der Waals surface area contributed by atoms with Crippen LogP contribution in [-0.2, 0) is 22.9 Å². The number of nitrogens with one attached hydrogen (secondary N) is 1. The maximum absolute atomic E-state index is 11.0. The first-order valence-electron chi connectivity index (χ1n) is 5.40. The zero-order valence-electron chi connectivity index (χ0n) is 9.81. The largest absolute Gasteiger partial charge is 0.333 e. The minimum Gasteiger partial charge on any atom is -0.333 e. The lowest BCUT2D eigenvalue weighted by Crippen LogP contribution is -2.16. The smallest absolute Gasteiger partial charge is 0.147 e. The molecule has 0 aliphatic rings. The summed E-state index contributed by atoms with van der Waals surface area (Å²) in [6.45, 7) is 4.43. The first kappa shape index (κ1) is 13.2. The van der Waals surface area contributed by atoms with Crippen molar-refractivity contribution in [3.05, 3.63) is 18.2 Å². The molecule has 16 heavy (non-hydrogen) atoms. The minimum absolute atomic E-state index is 0.228. The first-order chi connectivity index (χ1) is 7.53. The van der Waals surface area contributed by atoms with Crippen LogP contribution in [0.1, 0.15) is 19.0 Å². The van der Waals surface area contributed by atoms with Gasteiger partial charge < -0.3 is 9.88 Å². The van der Waals surface area contributed by atoms with Gasteiger partial charge in [0.2, 0.25) is 0 Å². The quantitative estimate of drug-likeness (QED) is 0.756. The minimum atomic E-state index is -2.86. The summed E-state index contributed by atoms with van der Waals surface area (Å²) in [6, 6.07) is 0. The van der Waals surface area contributed by atoms with E-state index < -0.39 is 9.84 Å². The molecule has 0 spiro atoms. The van der Waals surface area contributed by atoms with Gasteiger partial charge in [0, 0.05) is 25.5 Å². The van der Waals surface area contributed by atoms with Gasteiger partial charge in [0.15, 0.2) is 0 Å². The molecular formula is C10H19N3O2S. The predicted molar refractivity (Wildman–Crippen MR) is 63.9 cm³/mol. The van der Waals surface area contributed by atoms with Crippen LogP contribution in [0, 0.1) is 0 Å². The molecule has 0 unspecified atom stereocenters. The van der Waals surface area contributed by atoms with E-state index in [2.05, 4.69) is 10.3 Å². The molecule has 1 heterocycles. The van der Waals surface area contributed by atoms with E-state index in [-0.39, 0.29) is 5.75 Å². The van der Waals surface area contributed by atoms with E-state index in [1.54, 1.807) is 6.33 Å². The van der Waals surface area contributed by atoms with Gasteiger partial charge in [-0.15, -0.1) is 0 Å². The van der Waals surface area contributed by atoms with Crippen molar-refractivity contribution in [2.24, 2.45) is 0 Å². The number of hydrogen-bond donors (Lipinski definition) is 1. The summed E-state index contributed by atoms with van der Waals surface area (Å²) in [6.07, 6.45) is 5.45. The van der Waals surface area contributed by atoms with E-state index >= 15 is 0 Å². The highest BCUT2D eigenvalue weighted by Gasteiger charge is 2.04. The molecule has 0 amide bonds. The normalized spacial score (nSPS) is 11.9. The maximum atomic E-state index is 11.0. The van der Waals surface area contributed by atoms with E-state index in [0.717, 1.165) is 18.8 Å². The van der Waals surface area contributed by atoms with Crippen LogP contribution in [0.2, 0.25) is 0 Å². The van der Waals surface area contributed by atoms with E-state index in [9.17, 15) is 8.42 Å². The lowest BCUT2D eigenvalue weighted by atomic mass is 10.4. The van der Waals surface area contributed by atoms with Crippen molar-refractivity contribution in [2.75, 3.05) is 18.6 Å². The number of rotatable bonds is 7.